The van der Waals surface area contributed by atoms with Crippen LogP contribution >= 0.6 is 11.3 Å². The largest absolute Gasteiger partial charge is 0.480 e. The number of aliphatic imine (C=N–C) groups is 1. The van der Waals surface area contributed by atoms with Crippen molar-refractivity contribution in [2.45, 2.75) is 20.8 Å². The van der Waals surface area contributed by atoms with Crippen molar-refractivity contribution < 1.29 is 19.1 Å². The Kier molecular flexibility index (Phi) is 4.90. The summed E-state index contributed by atoms with van der Waals surface area (Å²) >= 11 is 1.36. The van der Waals surface area contributed by atoms with Crippen molar-refractivity contribution in [3.05, 3.63) is 56.3 Å². The summed E-state index contributed by atoms with van der Waals surface area (Å²) in [6, 6.07) is 6.77. The lowest BCUT2D eigenvalue weighted by Crippen LogP contribution is -2.05. The van der Waals surface area contributed by atoms with Crippen molar-refractivity contribution in [3.8, 4) is 5.95 Å². The standard InChI is InChI=1S/C19H17NO5S/c1-4-24-19(23)15-10(2)11(3)26-16(15)20-9-14-12-7-5-6-8-13(12)17(21)25-18(14)22/h5-9,22H,4H2,1-3H3/b20-9+. The highest BCUT2D eigenvalue weighted by Crippen LogP contribution is 2.35. The average Bonchev–Trinajstić information content (AvgIpc) is 2.89. The van der Waals surface area contributed by atoms with Crippen molar-refractivity contribution in [2.75, 3.05) is 6.61 Å². The number of hydrogen-bond acceptors (Lipinski definition) is 7. The first kappa shape index (κ1) is 17.9. The Labute approximate surface area is 153 Å². The summed E-state index contributed by atoms with van der Waals surface area (Å²) < 4.78 is 9.98. The molecule has 0 saturated carbocycles. The van der Waals surface area contributed by atoms with E-state index in [0.29, 0.717) is 21.3 Å². The molecule has 3 rings (SSSR count). The molecule has 0 saturated heterocycles. The predicted molar refractivity (Wildman–Crippen MR) is 101 cm³/mol. The number of carbonyl (C=O) groups excluding carboxylic acids is 1. The predicted octanol–water partition coefficient (Wildman–Crippen LogP) is 4.10. The molecule has 0 spiro atoms. The molecule has 0 aliphatic carbocycles. The number of fused-ring (bicyclic) bond motifs is 1. The number of esters is 1. The number of hydrogen-bond donors (Lipinski definition) is 1. The number of aromatic hydroxyl groups is 1. The molecule has 6 nitrogen and oxygen atoms in total. The number of carbonyl (C=O) groups is 1. The van der Waals surface area contributed by atoms with Crippen LogP contribution in [-0.2, 0) is 4.74 Å². The van der Waals surface area contributed by atoms with Crippen LogP contribution in [0.25, 0.3) is 10.8 Å². The minimum Gasteiger partial charge on any atom is -0.480 e. The fraction of sp³-hybridized carbons (Fsp3) is 0.211. The molecule has 1 aromatic carbocycles. The summed E-state index contributed by atoms with van der Waals surface area (Å²) in [5.74, 6) is -0.949. The monoisotopic (exact) mass is 371 g/mol. The molecule has 0 amide bonds. The molecule has 0 atom stereocenters. The van der Waals surface area contributed by atoms with Gasteiger partial charge in [0.25, 0.3) is 5.95 Å². The van der Waals surface area contributed by atoms with Crippen molar-refractivity contribution in [3.63, 3.8) is 0 Å². The highest BCUT2D eigenvalue weighted by atomic mass is 32.1. The first-order chi connectivity index (χ1) is 12.4. The Morgan fingerprint density at radius 3 is 2.69 bits per heavy atom. The summed E-state index contributed by atoms with van der Waals surface area (Å²) in [6.07, 6.45) is 1.40. The fourth-order valence-corrected chi connectivity index (χ4v) is 3.59. The fourth-order valence-electron chi connectivity index (χ4n) is 2.60. The minimum atomic E-state index is -0.620. The van der Waals surface area contributed by atoms with Gasteiger partial charge in [-0.25, -0.2) is 14.6 Å². The lowest BCUT2D eigenvalue weighted by Gasteiger charge is -2.04. The number of aryl methyl sites for hydroxylation is 1. The van der Waals surface area contributed by atoms with Crippen LogP contribution in [0, 0.1) is 13.8 Å². The number of benzene rings is 1. The van der Waals surface area contributed by atoms with Gasteiger partial charge in [0.05, 0.1) is 23.1 Å². The molecule has 2 heterocycles. The van der Waals surface area contributed by atoms with E-state index in [0.717, 1.165) is 10.4 Å². The lowest BCUT2D eigenvalue weighted by molar-refractivity contribution is 0.0527. The van der Waals surface area contributed by atoms with Crippen LogP contribution in [0.2, 0.25) is 0 Å². The van der Waals surface area contributed by atoms with Gasteiger partial charge >= 0.3 is 11.6 Å². The van der Waals surface area contributed by atoms with Gasteiger partial charge in [0.2, 0.25) is 0 Å². The molecule has 7 heteroatoms. The first-order valence-corrected chi connectivity index (χ1v) is 8.81. The summed E-state index contributed by atoms with van der Waals surface area (Å²) in [5.41, 5.74) is 0.880. The summed E-state index contributed by atoms with van der Waals surface area (Å²) in [7, 11) is 0. The average molecular weight is 371 g/mol. The number of thiophene rings is 1. The third-order valence-electron chi connectivity index (χ3n) is 4.01. The smallest absolute Gasteiger partial charge is 0.346 e. The van der Waals surface area contributed by atoms with E-state index in [1.165, 1.54) is 17.6 Å². The summed E-state index contributed by atoms with van der Waals surface area (Å²) in [4.78, 5) is 29.4. The van der Waals surface area contributed by atoms with E-state index < -0.39 is 17.5 Å². The van der Waals surface area contributed by atoms with E-state index in [-0.39, 0.29) is 12.2 Å². The van der Waals surface area contributed by atoms with Crippen LogP contribution in [0.1, 0.15) is 33.3 Å². The molecule has 0 bridgehead atoms. The number of nitrogens with zero attached hydrogens (tertiary/aromatic N) is 1. The zero-order chi connectivity index (χ0) is 18.8. The highest BCUT2D eigenvalue weighted by Gasteiger charge is 2.20. The molecule has 26 heavy (non-hydrogen) atoms. The minimum absolute atomic E-state index is 0.269. The number of ether oxygens (including phenoxy) is 1. The highest BCUT2D eigenvalue weighted by molar-refractivity contribution is 7.16. The molecule has 0 radical (unpaired) electrons. The van der Waals surface area contributed by atoms with E-state index in [9.17, 15) is 14.7 Å². The van der Waals surface area contributed by atoms with E-state index >= 15 is 0 Å². The molecule has 134 valence electrons. The third kappa shape index (κ3) is 3.13. The van der Waals surface area contributed by atoms with Crippen molar-refractivity contribution in [1.82, 2.24) is 0 Å². The Bertz CT molecular complexity index is 1080. The van der Waals surface area contributed by atoms with E-state index in [1.807, 2.05) is 13.8 Å². The SMILES string of the molecule is CCOC(=O)c1c(/N=C/c2c(O)oc(=O)c3ccccc23)sc(C)c1C. The van der Waals surface area contributed by atoms with Gasteiger partial charge in [0.15, 0.2) is 0 Å². The van der Waals surface area contributed by atoms with Crippen molar-refractivity contribution in [2.24, 2.45) is 4.99 Å². The molecule has 3 aromatic rings. The molecule has 0 fully saturated rings. The van der Waals surface area contributed by atoms with Crippen LogP contribution in [0.15, 0.2) is 38.5 Å². The van der Waals surface area contributed by atoms with Gasteiger partial charge in [-0.2, -0.15) is 0 Å². The van der Waals surface area contributed by atoms with Crippen LogP contribution < -0.4 is 5.63 Å². The second kappa shape index (κ2) is 7.13. The third-order valence-corrected chi connectivity index (χ3v) is 5.13. The molecule has 2 aromatic heterocycles. The van der Waals surface area contributed by atoms with Gasteiger partial charge in [0.1, 0.15) is 5.00 Å². The quantitative estimate of drug-likeness (QED) is 0.551. The molecule has 1 N–H and O–H groups in total. The van der Waals surface area contributed by atoms with Gasteiger partial charge in [-0.05, 0) is 32.4 Å². The lowest BCUT2D eigenvalue weighted by atomic mass is 10.1. The summed E-state index contributed by atoms with van der Waals surface area (Å²) in [5, 5.41) is 11.4. The van der Waals surface area contributed by atoms with E-state index in [4.69, 9.17) is 9.15 Å². The van der Waals surface area contributed by atoms with Gasteiger partial charge in [-0.3, -0.25) is 0 Å². The molecular weight excluding hydrogens is 354 g/mol. The van der Waals surface area contributed by atoms with Crippen molar-refractivity contribution >= 4 is 39.3 Å². The van der Waals surface area contributed by atoms with Crippen LogP contribution in [-0.4, -0.2) is 23.9 Å². The van der Waals surface area contributed by atoms with E-state index in [2.05, 4.69) is 4.99 Å². The Balaban J connectivity index is 2.13. The van der Waals surface area contributed by atoms with E-state index in [1.54, 1.807) is 31.2 Å². The Morgan fingerprint density at radius 1 is 1.31 bits per heavy atom. The normalized spacial score (nSPS) is 11.3. The first-order valence-electron chi connectivity index (χ1n) is 8.00. The maximum atomic E-state index is 12.2. The van der Waals surface area contributed by atoms with Gasteiger partial charge in [-0.15, -0.1) is 11.3 Å². The second-order valence-electron chi connectivity index (χ2n) is 5.60. The molecular formula is C19H17NO5S. The maximum Gasteiger partial charge on any atom is 0.346 e. The van der Waals surface area contributed by atoms with Gasteiger partial charge in [0, 0.05) is 16.5 Å². The summed E-state index contributed by atoms with van der Waals surface area (Å²) in [6.45, 7) is 5.75. The zero-order valence-corrected chi connectivity index (χ0v) is 15.3. The van der Waals surface area contributed by atoms with Crippen LogP contribution in [0.3, 0.4) is 0 Å². The topological polar surface area (TPSA) is 89.1 Å². The molecule has 0 aliphatic heterocycles. The maximum absolute atomic E-state index is 12.2. The van der Waals surface area contributed by atoms with Crippen LogP contribution in [0.4, 0.5) is 5.00 Å². The van der Waals surface area contributed by atoms with Gasteiger partial charge in [-0.1, -0.05) is 18.2 Å². The Hall–Kier alpha value is -2.93. The number of rotatable bonds is 4. The van der Waals surface area contributed by atoms with Crippen molar-refractivity contribution in [1.29, 1.82) is 0 Å². The zero-order valence-electron chi connectivity index (χ0n) is 14.5. The Morgan fingerprint density at radius 2 is 2.00 bits per heavy atom. The second-order valence-corrected chi connectivity index (χ2v) is 6.80. The molecule has 0 aliphatic rings. The van der Waals surface area contributed by atoms with Crippen LogP contribution in [0.5, 0.6) is 5.95 Å². The van der Waals surface area contributed by atoms with Gasteiger partial charge < -0.3 is 14.3 Å². The molecule has 0 unspecified atom stereocenters.